The molecule has 0 spiro atoms. The summed E-state index contributed by atoms with van der Waals surface area (Å²) < 4.78 is 13.5. The third-order valence-electron chi connectivity index (χ3n) is 3.66. The van der Waals surface area contributed by atoms with Crippen LogP contribution in [0.25, 0.3) is 0 Å². The molecule has 21 heavy (non-hydrogen) atoms. The van der Waals surface area contributed by atoms with Gasteiger partial charge in [-0.15, -0.1) is 5.10 Å². The van der Waals surface area contributed by atoms with Gasteiger partial charge in [-0.25, -0.2) is 4.39 Å². The van der Waals surface area contributed by atoms with E-state index in [9.17, 15) is 4.39 Å². The molecule has 0 atom stereocenters. The Morgan fingerprint density at radius 3 is 2.81 bits per heavy atom. The molecular weight excluding hydrogens is 269 g/mol. The predicted octanol–water partition coefficient (Wildman–Crippen LogP) is 2.98. The van der Waals surface area contributed by atoms with E-state index in [1.165, 1.54) is 31.7 Å². The van der Waals surface area contributed by atoms with Crippen molar-refractivity contribution in [3.63, 3.8) is 0 Å². The smallest absolute Gasteiger partial charge is 0.244 e. The minimum absolute atomic E-state index is 0.238. The molecule has 1 saturated carbocycles. The summed E-state index contributed by atoms with van der Waals surface area (Å²) in [6.07, 6.45) is 6.47. The van der Waals surface area contributed by atoms with E-state index in [1.807, 2.05) is 0 Å². The Morgan fingerprint density at radius 1 is 1.19 bits per heavy atom. The van der Waals surface area contributed by atoms with E-state index in [0.29, 0.717) is 29.9 Å². The molecule has 0 aliphatic heterocycles. The highest BCUT2D eigenvalue weighted by molar-refractivity contribution is 5.38. The van der Waals surface area contributed by atoms with Gasteiger partial charge in [-0.1, -0.05) is 31.0 Å². The van der Waals surface area contributed by atoms with Crippen LogP contribution in [0.3, 0.4) is 0 Å². The number of aromatic nitrogens is 3. The van der Waals surface area contributed by atoms with Crippen LogP contribution in [-0.4, -0.2) is 21.2 Å². The normalized spacial score (nSPS) is 15.1. The minimum Gasteiger partial charge on any atom is -0.366 e. The van der Waals surface area contributed by atoms with Gasteiger partial charge < -0.3 is 10.6 Å². The maximum Gasteiger partial charge on any atom is 0.244 e. The van der Waals surface area contributed by atoms with Gasteiger partial charge in [-0.2, -0.15) is 10.1 Å². The second-order valence-corrected chi connectivity index (χ2v) is 5.24. The molecule has 3 rings (SSSR count). The number of hydrogen-bond donors (Lipinski definition) is 2. The Hall–Kier alpha value is -2.24. The van der Waals surface area contributed by atoms with Gasteiger partial charge in [-0.3, -0.25) is 0 Å². The summed E-state index contributed by atoms with van der Waals surface area (Å²) in [6.45, 7) is 0.335. The standard InChI is InChI=1S/C15H18FN5/c16-13-8-4-1-5-11(13)9-17-15-20-14(10-18-21-15)19-12-6-2-3-7-12/h1,4-5,8,10,12H,2-3,6-7,9H2,(H2,17,19,20,21). The van der Waals surface area contributed by atoms with E-state index in [1.54, 1.807) is 24.4 Å². The summed E-state index contributed by atoms with van der Waals surface area (Å²) in [5, 5.41) is 14.2. The fourth-order valence-corrected chi connectivity index (χ4v) is 2.54. The number of nitrogens with one attached hydrogen (secondary N) is 2. The van der Waals surface area contributed by atoms with Crippen molar-refractivity contribution >= 4 is 11.8 Å². The maximum atomic E-state index is 13.5. The van der Waals surface area contributed by atoms with Crippen LogP contribution in [-0.2, 0) is 6.54 Å². The Balaban J connectivity index is 1.61. The second kappa shape index (κ2) is 6.47. The highest BCUT2D eigenvalue weighted by Crippen LogP contribution is 2.21. The third kappa shape index (κ3) is 3.65. The zero-order valence-electron chi connectivity index (χ0n) is 11.7. The van der Waals surface area contributed by atoms with E-state index >= 15 is 0 Å². The molecule has 0 radical (unpaired) electrons. The first-order valence-corrected chi connectivity index (χ1v) is 7.25. The van der Waals surface area contributed by atoms with Gasteiger partial charge in [0.15, 0.2) is 5.82 Å². The molecular formula is C15H18FN5. The molecule has 0 unspecified atom stereocenters. The number of halogens is 1. The summed E-state index contributed by atoms with van der Waals surface area (Å²) in [7, 11) is 0. The number of hydrogen-bond acceptors (Lipinski definition) is 5. The molecule has 5 nitrogen and oxygen atoms in total. The highest BCUT2D eigenvalue weighted by Gasteiger charge is 2.15. The van der Waals surface area contributed by atoms with E-state index in [4.69, 9.17) is 0 Å². The van der Waals surface area contributed by atoms with Gasteiger partial charge in [0, 0.05) is 18.2 Å². The van der Waals surface area contributed by atoms with Crippen molar-refractivity contribution in [2.75, 3.05) is 10.6 Å². The first kappa shape index (κ1) is 13.7. The van der Waals surface area contributed by atoms with Crippen LogP contribution in [0, 0.1) is 5.82 Å². The fourth-order valence-electron chi connectivity index (χ4n) is 2.54. The van der Waals surface area contributed by atoms with Crippen LogP contribution in [0.5, 0.6) is 0 Å². The van der Waals surface area contributed by atoms with Crippen molar-refractivity contribution in [2.45, 2.75) is 38.3 Å². The van der Waals surface area contributed by atoms with Crippen molar-refractivity contribution in [3.05, 3.63) is 41.8 Å². The zero-order chi connectivity index (χ0) is 14.5. The van der Waals surface area contributed by atoms with Crippen LogP contribution < -0.4 is 10.6 Å². The summed E-state index contributed by atoms with van der Waals surface area (Å²) >= 11 is 0. The summed E-state index contributed by atoms with van der Waals surface area (Å²) in [5.41, 5.74) is 0.579. The topological polar surface area (TPSA) is 62.7 Å². The highest BCUT2D eigenvalue weighted by atomic mass is 19.1. The van der Waals surface area contributed by atoms with Crippen LogP contribution in [0.4, 0.5) is 16.2 Å². The van der Waals surface area contributed by atoms with E-state index in [-0.39, 0.29) is 5.82 Å². The third-order valence-corrected chi connectivity index (χ3v) is 3.66. The van der Waals surface area contributed by atoms with Gasteiger partial charge in [-0.05, 0) is 18.9 Å². The number of anilines is 2. The van der Waals surface area contributed by atoms with Crippen LogP contribution >= 0.6 is 0 Å². The van der Waals surface area contributed by atoms with Gasteiger partial charge in [0.05, 0.1) is 6.20 Å². The molecule has 110 valence electrons. The largest absolute Gasteiger partial charge is 0.366 e. The minimum atomic E-state index is -0.238. The van der Waals surface area contributed by atoms with Gasteiger partial charge in [0.25, 0.3) is 0 Å². The average molecular weight is 287 g/mol. The maximum absolute atomic E-state index is 13.5. The SMILES string of the molecule is Fc1ccccc1CNc1nncc(NC2CCCC2)n1. The lowest BCUT2D eigenvalue weighted by Crippen LogP contribution is -2.16. The van der Waals surface area contributed by atoms with Crippen LogP contribution in [0.1, 0.15) is 31.2 Å². The molecule has 1 heterocycles. The van der Waals surface area contributed by atoms with E-state index in [0.717, 1.165) is 0 Å². The van der Waals surface area contributed by atoms with Gasteiger partial charge in [0.1, 0.15) is 5.82 Å². The molecule has 1 aliphatic rings. The summed E-state index contributed by atoms with van der Waals surface area (Å²) in [6, 6.07) is 7.12. The molecule has 2 aromatic rings. The van der Waals surface area contributed by atoms with Gasteiger partial charge >= 0.3 is 0 Å². The molecule has 2 N–H and O–H groups in total. The molecule has 0 bridgehead atoms. The van der Waals surface area contributed by atoms with Crippen molar-refractivity contribution < 1.29 is 4.39 Å². The lowest BCUT2D eigenvalue weighted by atomic mass is 10.2. The molecule has 0 saturated heterocycles. The molecule has 1 aromatic carbocycles. The molecule has 1 fully saturated rings. The monoisotopic (exact) mass is 287 g/mol. The van der Waals surface area contributed by atoms with E-state index < -0.39 is 0 Å². The van der Waals surface area contributed by atoms with Crippen molar-refractivity contribution in [1.29, 1.82) is 0 Å². The quantitative estimate of drug-likeness (QED) is 0.885. The zero-order valence-corrected chi connectivity index (χ0v) is 11.7. The Bertz CT molecular complexity index is 598. The lowest BCUT2D eigenvalue weighted by Gasteiger charge is -2.12. The van der Waals surface area contributed by atoms with Crippen LogP contribution in [0.15, 0.2) is 30.5 Å². The molecule has 1 aliphatic carbocycles. The van der Waals surface area contributed by atoms with Gasteiger partial charge in [0.2, 0.25) is 5.95 Å². The van der Waals surface area contributed by atoms with Crippen LogP contribution in [0.2, 0.25) is 0 Å². The lowest BCUT2D eigenvalue weighted by molar-refractivity contribution is 0.612. The second-order valence-electron chi connectivity index (χ2n) is 5.24. The van der Waals surface area contributed by atoms with Crippen molar-refractivity contribution in [1.82, 2.24) is 15.2 Å². The first-order chi connectivity index (χ1) is 10.3. The average Bonchev–Trinajstić information content (AvgIpc) is 3.00. The summed E-state index contributed by atoms with van der Waals surface area (Å²) in [5.74, 6) is 0.882. The Labute approximate surface area is 123 Å². The summed E-state index contributed by atoms with van der Waals surface area (Å²) in [4.78, 5) is 4.36. The fraction of sp³-hybridized carbons (Fsp3) is 0.400. The number of rotatable bonds is 5. The van der Waals surface area contributed by atoms with Crippen molar-refractivity contribution in [3.8, 4) is 0 Å². The van der Waals surface area contributed by atoms with Crippen molar-refractivity contribution in [2.24, 2.45) is 0 Å². The number of nitrogens with zero attached hydrogens (tertiary/aromatic N) is 3. The molecule has 0 amide bonds. The molecule has 1 aromatic heterocycles. The Kier molecular flexibility index (Phi) is 4.23. The Morgan fingerprint density at radius 2 is 2.00 bits per heavy atom. The first-order valence-electron chi connectivity index (χ1n) is 7.25. The predicted molar refractivity (Wildman–Crippen MR) is 79.4 cm³/mol. The number of benzene rings is 1. The molecule has 6 heteroatoms. The van der Waals surface area contributed by atoms with E-state index in [2.05, 4.69) is 25.8 Å².